The van der Waals surface area contributed by atoms with Gasteiger partial charge >= 0.3 is 12.1 Å². The molecule has 6 N–H and O–H groups in total. The van der Waals surface area contributed by atoms with Crippen molar-refractivity contribution in [3.8, 4) is 0 Å². The Bertz CT molecular complexity index is 1470. The molecule has 47 heavy (non-hydrogen) atoms. The quantitative estimate of drug-likeness (QED) is 0.200. The van der Waals surface area contributed by atoms with Crippen molar-refractivity contribution in [2.75, 3.05) is 0 Å². The summed E-state index contributed by atoms with van der Waals surface area (Å²) in [5.41, 5.74) is 3.96. The first-order chi connectivity index (χ1) is 21.4. The van der Waals surface area contributed by atoms with Gasteiger partial charge in [-0.25, -0.2) is 17.9 Å². The zero-order valence-corrected chi connectivity index (χ0v) is 28.3. The molecular formula is C32H44ClF3N4O6S. The predicted molar refractivity (Wildman–Crippen MR) is 173 cm³/mol. The number of amides is 2. The number of carboxylic acids is 1. The minimum atomic E-state index is -4.59. The highest BCUT2D eigenvalue weighted by Crippen LogP contribution is 2.33. The summed E-state index contributed by atoms with van der Waals surface area (Å²) < 4.78 is 66.8. The molecule has 2 aromatic carbocycles. The van der Waals surface area contributed by atoms with Gasteiger partial charge in [0.2, 0.25) is 21.8 Å². The van der Waals surface area contributed by atoms with Gasteiger partial charge in [-0.3, -0.25) is 9.59 Å². The minimum Gasteiger partial charge on any atom is -0.479 e. The molecule has 2 amide bonds. The van der Waals surface area contributed by atoms with Gasteiger partial charge in [0.15, 0.2) is 0 Å². The lowest BCUT2D eigenvalue weighted by Crippen LogP contribution is -2.63. The van der Waals surface area contributed by atoms with Gasteiger partial charge in [0, 0.05) is 18.4 Å². The van der Waals surface area contributed by atoms with E-state index in [0.717, 1.165) is 12.1 Å². The fraction of sp³-hybridized carbons (Fsp3) is 0.531. The fourth-order valence-corrected chi connectivity index (χ4v) is 6.86. The molecule has 1 aliphatic carbocycles. The van der Waals surface area contributed by atoms with Crippen molar-refractivity contribution >= 4 is 40.2 Å². The summed E-state index contributed by atoms with van der Waals surface area (Å²) in [5, 5.41) is 16.1. The lowest BCUT2D eigenvalue weighted by molar-refractivity contribution is -0.151. The van der Waals surface area contributed by atoms with E-state index in [2.05, 4.69) is 15.4 Å². The van der Waals surface area contributed by atoms with Crippen LogP contribution in [0.15, 0.2) is 59.5 Å². The highest BCUT2D eigenvalue weighted by atomic mass is 35.5. The third-order valence-electron chi connectivity index (χ3n) is 8.69. The van der Waals surface area contributed by atoms with Crippen LogP contribution in [0.3, 0.4) is 0 Å². The minimum absolute atomic E-state index is 0. The second kappa shape index (κ2) is 16.3. The summed E-state index contributed by atoms with van der Waals surface area (Å²) in [6.07, 6.45) is -3.49. The maximum atomic E-state index is 13.6. The van der Waals surface area contributed by atoms with Crippen molar-refractivity contribution in [2.45, 2.75) is 94.5 Å². The molecule has 3 atom stereocenters. The predicted octanol–water partition coefficient (Wildman–Crippen LogP) is 4.79. The van der Waals surface area contributed by atoms with Crippen molar-refractivity contribution in [3.05, 3.63) is 65.7 Å². The summed E-state index contributed by atoms with van der Waals surface area (Å²) in [6, 6.07) is 9.78. The van der Waals surface area contributed by atoms with E-state index in [9.17, 15) is 41.1 Å². The molecule has 0 unspecified atom stereocenters. The lowest BCUT2D eigenvalue weighted by Gasteiger charge is -2.39. The van der Waals surface area contributed by atoms with Crippen LogP contribution in [0, 0.1) is 17.8 Å². The Labute approximate surface area is 279 Å². The molecule has 262 valence electrons. The van der Waals surface area contributed by atoms with E-state index in [1.807, 2.05) is 0 Å². The Hall–Kier alpha value is -3.20. The van der Waals surface area contributed by atoms with Gasteiger partial charge in [-0.05, 0) is 67.3 Å². The first kappa shape index (κ1) is 40.0. The number of alkyl halides is 3. The van der Waals surface area contributed by atoms with Crippen LogP contribution in [0.5, 0.6) is 0 Å². The highest BCUT2D eigenvalue weighted by molar-refractivity contribution is 7.89. The van der Waals surface area contributed by atoms with E-state index >= 15 is 0 Å². The van der Waals surface area contributed by atoms with Crippen LogP contribution in [-0.2, 0) is 30.6 Å². The number of aliphatic carboxylic acids is 1. The Morgan fingerprint density at radius 3 is 1.96 bits per heavy atom. The topological polar surface area (TPSA) is 168 Å². The van der Waals surface area contributed by atoms with E-state index in [1.54, 1.807) is 58.0 Å². The van der Waals surface area contributed by atoms with Crippen LogP contribution in [0.2, 0.25) is 0 Å². The first-order valence-electron chi connectivity index (χ1n) is 15.2. The number of hydrogen-bond donors (Lipinski definition) is 5. The molecule has 15 heteroatoms. The van der Waals surface area contributed by atoms with Crippen molar-refractivity contribution in [3.63, 3.8) is 0 Å². The third kappa shape index (κ3) is 10.1. The van der Waals surface area contributed by atoms with E-state index in [1.165, 1.54) is 0 Å². The van der Waals surface area contributed by atoms with Crippen LogP contribution < -0.4 is 21.1 Å². The average Bonchev–Trinajstić information content (AvgIpc) is 2.99. The number of halogens is 4. The van der Waals surface area contributed by atoms with Crippen molar-refractivity contribution in [1.82, 2.24) is 15.4 Å². The SMILES string of the molecule is CC(C)[C@H](N)C(=O)N[C@](C[C@H](NC(=O)C1CCC(NS(=O)(=O)c2ccc(C(F)(F)F)cc2)CC1)c1ccccc1)(C(=O)O)C(C)C.Cl. The summed E-state index contributed by atoms with van der Waals surface area (Å²) >= 11 is 0. The molecule has 0 saturated heterocycles. The molecule has 0 aliphatic heterocycles. The maximum absolute atomic E-state index is 13.6. The largest absolute Gasteiger partial charge is 0.479 e. The lowest BCUT2D eigenvalue weighted by atomic mass is 9.78. The second-order valence-corrected chi connectivity index (χ2v) is 14.3. The van der Waals surface area contributed by atoms with Crippen molar-refractivity contribution < 1.29 is 41.1 Å². The number of hydrogen-bond acceptors (Lipinski definition) is 6. The fourth-order valence-electron chi connectivity index (χ4n) is 5.56. The van der Waals surface area contributed by atoms with Gasteiger partial charge in [0.05, 0.1) is 22.5 Å². The smallest absolute Gasteiger partial charge is 0.416 e. The maximum Gasteiger partial charge on any atom is 0.416 e. The monoisotopic (exact) mass is 704 g/mol. The normalized spacial score (nSPS) is 19.6. The van der Waals surface area contributed by atoms with Crippen molar-refractivity contribution in [2.24, 2.45) is 23.5 Å². The molecular weight excluding hydrogens is 661 g/mol. The average molecular weight is 705 g/mol. The van der Waals surface area contributed by atoms with Gasteiger partial charge in [0.25, 0.3) is 0 Å². The first-order valence-corrected chi connectivity index (χ1v) is 16.7. The molecule has 0 heterocycles. The van der Waals surface area contributed by atoms with Gasteiger partial charge in [-0.1, -0.05) is 58.0 Å². The van der Waals surface area contributed by atoms with Gasteiger partial charge in [-0.2, -0.15) is 13.2 Å². The van der Waals surface area contributed by atoms with E-state index in [0.29, 0.717) is 43.4 Å². The number of carbonyl (C=O) groups is 3. The standard InChI is InChI=1S/C32H43F3N4O6S.ClH/c1-19(2)27(36)29(41)38-31(20(3)4,30(42)43)18-26(21-8-6-5-7-9-21)37-28(40)22-10-14-24(15-11-22)39-46(44,45)25-16-12-23(13-17-25)32(33,34)35;/h5-9,12-13,16-17,19-20,22,24,26-27,39H,10-11,14-15,18,36H2,1-4H3,(H,37,40)(H,38,41)(H,42,43);1H/t22?,24?,26-,27-,31-;/m0./s1. The summed E-state index contributed by atoms with van der Waals surface area (Å²) in [4.78, 5) is 39.0. The van der Waals surface area contributed by atoms with E-state index in [4.69, 9.17) is 5.73 Å². The van der Waals surface area contributed by atoms with Crippen LogP contribution in [-0.4, -0.2) is 48.9 Å². The number of rotatable bonds is 13. The molecule has 10 nitrogen and oxygen atoms in total. The molecule has 3 rings (SSSR count). The molecule has 0 radical (unpaired) electrons. The highest BCUT2D eigenvalue weighted by Gasteiger charge is 2.46. The number of benzene rings is 2. The van der Waals surface area contributed by atoms with Crippen LogP contribution in [0.4, 0.5) is 13.2 Å². The third-order valence-corrected chi connectivity index (χ3v) is 10.2. The molecule has 1 saturated carbocycles. The second-order valence-electron chi connectivity index (χ2n) is 12.6. The van der Waals surface area contributed by atoms with E-state index in [-0.39, 0.29) is 35.5 Å². The van der Waals surface area contributed by atoms with Gasteiger partial charge in [0.1, 0.15) is 5.54 Å². The van der Waals surface area contributed by atoms with Crippen molar-refractivity contribution in [1.29, 1.82) is 0 Å². The molecule has 0 spiro atoms. The molecule has 0 bridgehead atoms. The Balaban J connectivity index is 0.00000768. The summed E-state index contributed by atoms with van der Waals surface area (Å²) in [6.45, 7) is 6.85. The number of nitrogens with two attached hydrogens (primary N) is 1. The van der Waals surface area contributed by atoms with Crippen LogP contribution in [0.1, 0.15) is 77.0 Å². The van der Waals surface area contributed by atoms with Crippen LogP contribution in [0.25, 0.3) is 0 Å². The molecule has 1 aliphatic rings. The number of nitrogens with one attached hydrogen (secondary N) is 3. The van der Waals surface area contributed by atoms with Gasteiger partial charge in [-0.15, -0.1) is 12.4 Å². The van der Waals surface area contributed by atoms with E-state index < -0.39 is 69.1 Å². The van der Waals surface area contributed by atoms with Gasteiger partial charge < -0.3 is 21.5 Å². The number of carboxylic acid groups (broad SMARTS) is 1. The Kier molecular flexibility index (Phi) is 13.8. The molecule has 2 aromatic rings. The zero-order valence-electron chi connectivity index (χ0n) is 26.7. The number of sulfonamides is 1. The summed E-state index contributed by atoms with van der Waals surface area (Å²) in [7, 11) is -4.09. The number of carbonyl (C=O) groups excluding carboxylic acids is 2. The van der Waals surface area contributed by atoms with Crippen LogP contribution >= 0.6 is 12.4 Å². The Morgan fingerprint density at radius 2 is 1.49 bits per heavy atom. The Morgan fingerprint density at radius 1 is 0.936 bits per heavy atom. The molecule has 1 fully saturated rings. The molecule has 0 aromatic heterocycles. The zero-order chi connectivity index (χ0) is 34.4. The summed E-state index contributed by atoms with van der Waals surface area (Å²) in [5.74, 6) is -3.53.